The van der Waals surface area contributed by atoms with Crippen LogP contribution in [0.1, 0.15) is 16.7 Å². The smallest absolute Gasteiger partial charge is 0.229 e. The minimum atomic E-state index is 0.574. The first-order chi connectivity index (χ1) is 15.8. The van der Waals surface area contributed by atoms with E-state index in [1.54, 1.807) is 18.7 Å². The number of hydrogen-bond donors (Lipinski definition) is 1. The number of aromatic nitrogens is 5. The number of imidazole rings is 1. The van der Waals surface area contributed by atoms with Crippen LogP contribution in [0.15, 0.2) is 60.2 Å². The fraction of sp³-hybridized carbons (Fsp3) is 0.261. The van der Waals surface area contributed by atoms with Crippen LogP contribution >= 0.6 is 0 Å². The molecule has 1 aliphatic rings. The summed E-state index contributed by atoms with van der Waals surface area (Å²) in [6.07, 6.45) is 7.18. The molecule has 32 heavy (non-hydrogen) atoms. The molecule has 9 heteroatoms. The zero-order chi connectivity index (χ0) is 21.8. The fourth-order valence-corrected chi connectivity index (χ4v) is 3.64. The first kappa shape index (κ1) is 20.1. The molecule has 1 N–H and O–H groups in total. The van der Waals surface area contributed by atoms with E-state index in [0.29, 0.717) is 37.0 Å². The summed E-state index contributed by atoms with van der Waals surface area (Å²) in [5.41, 5.74) is 7.78. The molecule has 9 nitrogen and oxygen atoms in total. The molecule has 0 amide bonds. The number of nitrogens with zero attached hydrogens (tertiary/aromatic N) is 7. The molecule has 162 valence electrons. The Hall–Kier alpha value is -3.85. The van der Waals surface area contributed by atoms with Gasteiger partial charge < -0.3 is 14.2 Å². The third-order valence-corrected chi connectivity index (χ3v) is 5.25. The van der Waals surface area contributed by atoms with Crippen molar-refractivity contribution in [3.05, 3.63) is 71.8 Å². The molecule has 1 saturated heterocycles. The highest BCUT2D eigenvalue weighted by molar-refractivity contribution is 5.86. The summed E-state index contributed by atoms with van der Waals surface area (Å²) < 4.78 is 7.50. The standard InChI is InChI=1S/C23H24N8O/c1-17-4-2-5-18(12-17)14-26-29-21-20-22(28-23(27-21)30-8-10-32-11-9-30)31(16-25-20)15-19-6-3-7-24-13-19/h2-7,12-14,16H,8-11,15H2,1H3,(H,27,28,29). The zero-order valence-electron chi connectivity index (χ0n) is 17.8. The van der Waals surface area contributed by atoms with E-state index in [2.05, 4.69) is 44.5 Å². The van der Waals surface area contributed by atoms with Crippen molar-refractivity contribution in [3.8, 4) is 0 Å². The summed E-state index contributed by atoms with van der Waals surface area (Å²) in [4.78, 5) is 20.5. The molecule has 1 aromatic carbocycles. The minimum absolute atomic E-state index is 0.574. The van der Waals surface area contributed by atoms with Gasteiger partial charge in [0.2, 0.25) is 5.95 Å². The van der Waals surface area contributed by atoms with Gasteiger partial charge in [0.1, 0.15) is 0 Å². The van der Waals surface area contributed by atoms with Crippen LogP contribution in [0.2, 0.25) is 0 Å². The van der Waals surface area contributed by atoms with E-state index >= 15 is 0 Å². The summed E-state index contributed by atoms with van der Waals surface area (Å²) in [5, 5.41) is 4.41. The van der Waals surface area contributed by atoms with E-state index in [1.807, 2.05) is 35.0 Å². The van der Waals surface area contributed by atoms with Gasteiger partial charge in [-0.25, -0.2) is 4.98 Å². The Kier molecular flexibility index (Phi) is 5.71. The number of rotatable bonds is 6. The Morgan fingerprint density at radius 1 is 1.16 bits per heavy atom. The normalized spacial score (nSPS) is 14.3. The molecule has 0 saturated carbocycles. The van der Waals surface area contributed by atoms with Gasteiger partial charge in [0, 0.05) is 25.5 Å². The lowest BCUT2D eigenvalue weighted by atomic mass is 10.2. The largest absolute Gasteiger partial charge is 0.378 e. The monoisotopic (exact) mass is 428 g/mol. The van der Waals surface area contributed by atoms with Gasteiger partial charge in [0.05, 0.1) is 32.3 Å². The molecular formula is C23H24N8O. The van der Waals surface area contributed by atoms with E-state index in [1.165, 1.54) is 5.56 Å². The third-order valence-electron chi connectivity index (χ3n) is 5.25. The summed E-state index contributed by atoms with van der Waals surface area (Å²) in [7, 11) is 0. The predicted octanol–water partition coefficient (Wildman–Crippen LogP) is 2.86. The molecule has 1 fully saturated rings. The van der Waals surface area contributed by atoms with Gasteiger partial charge in [-0.15, -0.1) is 0 Å². The number of morpholine rings is 1. The van der Waals surface area contributed by atoms with Crippen LogP contribution in [0.25, 0.3) is 11.2 Å². The van der Waals surface area contributed by atoms with Crippen molar-refractivity contribution in [3.63, 3.8) is 0 Å². The number of anilines is 2. The van der Waals surface area contributed by atoms with Gasteiger partial charge in [-0.1, -0.05) is 35.9 Å². The Morgan fingerprint density at radius 3 is 2.88 bits per heavy atom. The van der Waals surface area contributed by atoms with E-state index in [-0.39, 0.29) is 0 Å². The lowest BCUT2D eigenvalue weighted by molar-refractivity contribution is 0.122. The maximum atomic E-state index is 5.49. The Labute approximate surface area is 185 Å². The summed E-state index contributed by atoms with van der Waals surface area (Å²) in [6.45, 7) is 5.48. The second kappa shape index (κ2) is 9.11. The number of nitrogens with one attached hydrogen (secondary N) is 1. The molecule has 0 unspecified atom stereocenters. The second-order valence-corrected chi connectivity index (χ2v) is 7.66. The molecule has 0 spiro atoms. The van der Waals surface area contributed by atoms with Gasteiger partial charge in [-0.05, 0) is 24.1 Å². The van der Waals surface area contributed by atoms with Crippen molar-refractivity contribution >= 4 is 29.1 Å². The third kappa shape index (κ3) is 4.42. The highest BCUT2D eigenvalue weighted by atomic mass is 16.5. The number of pyridine rings is 1. The van der Waals surface area contributed by atoms with Crippen LogP contribution in [0, 0.1) is 6.92 Å². The first-order valence-corrected chi connectivity index (χ1v) is 10.6. The van der Waals surface area contributed by atoms with Gasteiger partial charge in [0.25, 0.3) is 0 Å². The Bertz CT molecular complexity index is 1230. The highest BCUT2D eigenvalue weighted by Gasteiger charge is 2.19. The number of ether oxygens (including phenoxy) is 1. The molecule has 0 aliphatic carbocycles. The van der Waals surface area contributed by atoms with Crippen LogP contribution in [-0.4, -0.2) is 57.0 Å². The second-order valence-electron chi connectivity index (χ2n) is 7.66. The van der Waals surface area contributed by atoms with Crippen molar-refractivity contribution in [1.29, 1.82) is 0 Å². The number of aryl methyl sites for hydroxylation is 1. The van der Waals surface area contributed by atoms with Crippen LogP contribution < -0.4 is 10.3 Å². The maximum absolute atomic E-state index is 5.49. The lowest BCUT2D eigenvalue weighted by Crippen LogP contribution is -2.37. The van der Waals surface area contributed by atoms with Crippen LogP contribution in [0.4, 0.5) is 11.8 Å². The van der Waals surface area contributed by atoms with Crippen molar-refractivity contribution in [2.45, 2.75) is 13.5 Å². The van der Waals surface area contributed by atoms with Crippen LogP contribution in [0.5, 0.6) is 0 Å². The first-order valence-electron chi connectivity index (χ1n) is 10.6. The molecule has 3 aromatic heterocycles. The average molecular weight is 429 g/mol. The van der Waals surface area contributed by atoms with Crippen molar-refractivity contribution in [2.75, 3.05) is 36.6 Å². The minimum Gasteiger partial charge on any atom is -0.378 e. The highest BCUT2D eigenvalue weighted by Crippen LogP contribution is 2.24. The van der Waals surface area contributed by atoms with E-state index in [9.17, 15) is 0 Å². The SMILES string of the molecule is Cc1cccc(C=NNc2nc(N3CCOCC3)nc3c2ncn3Cc2cccnc2)c1. The molecule has 1 aliphatic heterocycles. The van der Waals surface area contributed by atoms with E-state index < -0.39 is 0 Å². The predicted molar refractivity (Wildman–Crippen MR) is 124 cm³/mol. The Balaban J connectivity index is 1.49. The summed E-state index contributed by atoms with van der Waals surface area (Å²) >= 11 is 0. The number of hydrogen-bond acceptors (Lipinski definition) is 8. The van der Waals surface area contributed by atoms with Crippen molar-refractivity contribution in [1.82, 2.24) is 24.5 Å². The zero-order valence-corrected chi connectivity index (χ0v) is 17.8. The molecule has 5 rings (SSSR count). The lowest BCUT2D eigenvalue weighted by Gasteiger charge is -2.27. The van der Waals surface area contributed by atoms with E-state index in [0.717, 1.165) is 29.9 Å². The number of benzene rings is 1. The van der Waals surface area contributed by atoms with Gasteiger partial charge in [0.15, 0.2) is 17.0 Å². The molecule has 4 aromatic rings. The van der Waals surface area contributed by atoms with Crippen LogP contribution in [-0.2, 0) is 11.3 Å². The molecule has 0 bridgehead atoms. The quantitative estimate of drug-likeness (QED) is 0.373. The topological polar surface area (TPSA) is 93.4 Å². The van der Waals surface area contributed by atoms with Gasteiger partial charge >= 0.3 is 0 Å². The number of hydrazone groups is 1. The van der Waals surface area contributed by atoms with E-state index in [4.69, 9.17) is 14.7 Å². The van der Waals surface area contributed by atoms with Crippen molar-refractivity contribution in [2.24, 2.45) is 5.10 Å². The Morgan fingerprint density at radius 2 is 2.06 bits per heavy atom. The molecule has 0 radical (unpaired) electrons. The van der Waals surface area contributed by atoms with Gasteiger partial charge in [-0.2, -0.15) is 15.1 Å². The molecule has 0 atom stereocenters. The van der Waals surface area contributed by atoms with Gasteiger partial charge in [-0.3, -0.25) is 10.4 Å². The molecule has 4 heterocycles. The number of fused-ring (bicyclic) bond motifs is 1. The summed E-state index contributed by atoms with van der Waals surface area (Å²) in [5.74, 6) is 1.22. The fourth-order valence-electron chi connectivity index (χ4n) is 3.64. The van der Waals surface area contributed by atoms with Crippen molar-refractivity contribution < 1.29 is 4.74 Å². The van der Waals surface area contributed by atoms with Crippen LogP contribution in [0.3, 0.4) is 0 Å². The maximum Gasteiger partial charge on any atom is 0.229 e. The summed E-state index contributed by atoms with van der Waals surface area (Å²) in [6, 6.07) is 12.1. The average Bonchev–Trinajstić information content (AvgIpc) is 3.23. The molecular weight excluding hydrogens is 404 g/mol.